The van der Waals surface area contributed by atoms with E-state index >= 15 is 0 Å². The Kier molecular flexibility index (Phi) is 3.18. The molecule has 0 amide bonds. The Balaban J connectivity index is 1.93. The highest BCUT2D eigenvalue weighted by molar-refractivity contribution is 6.36. The van der Waals surface area contributed by atoms with Crippen LogP contribution >= 0.6 is 23.2 Å². The first-order valence-electron chi connectivity index (χ1n) is 5.82. The Bertz CT molecular complexity index is 540. The smallest absolute Gasteiger partial charge is 0.161 e. The molecule has 0 fully saturated rings. The Hall–Kier alpha value is -1.19. The maximum Gasteiger partial charge on any atom is 0.161 e. The summed E-state index contributed by atoms with van der Waals surface area (Å²) >= 11 is 12.2. The standard InChI is InChI=1S/C13H12Cl2N2O/c14-9-6-11(15)13-12(7-9)17(4-5-18-13)8-10-2-1-3-16-10/h2-3,6-7H,1,4-5,8H2. The van der Waals surface area contributed by atoms with Crippen molar-refractivity contribution in [1.29, 1.82) is 0 Å². The fraction of sp³-hybridized carbons (Fsp3) is 0.308. The van der Waals surface area contributed by atoms with E-state index < -0.39 is 0 Å². The predicted molar refractivity (Wildman–Crippen MR) is 75.4 cm³/mol. The zero-order valence-corrected chi connectivity index (χ0v) is 11.2. The summed E-state index contributed by atoms with van der Waals surface area (Å²) in [6, 6.07) is 3.60. The van der Waals surface area contributed by atoms with Crippen molar-refractivity contribution >= 4 is 35.1 Å². The van der Waals surface area contributed by atoms with Gasteiger partial charge in [-0.2, -0.15) is 0 Å². The number of benzene rings is 1. The van der Waals surface area contributed by atoms with Gasteiger partial charge in [0.25, 0.3) is 0 Å². The molecule has 0 aromatic heterocycles. The normalized spacial score (nSPS) is 17.4. The molecular formula is C13H12Cl2N2O. The van der Waals surface area contributed by atoms with Gasteiger partial charge < -0.3 is 9.64 Å². The molecule has 18 heavy (non-hydrogen) atoms. The van der Waals surface area contributed by atoms with Gasteiger partial charge in [0.05, 0.1) is 29.5 Å². The second-order valence-corrected chi connectivity index (χ2v) is 5.09. The highest BCUT2D eigenvalue weighted by Gasteiger charge is 2.22. The average molecular weight is 283 g/mol. The lowest BCUT2D eigenvalue weighted by Gasteiger charge is -2.31. The van der Waals surface area contributed by atoms with Gasteiger partial charge in [-0.25, -0.2) is 0 Å². The number of hydrogen-bond donors (Lipinski definition) is 0. The predicted octanol–water partition coefficient (Wildman–Crippen LogP) is 3.55. The van der Waals surface area contributed by atoms with E-state index in [1.54, 1.807) is 6.07 Å². The lowest BCUT2D eigenvalue weighted by Crippen LogP contribution is -2.34. The quantitative estimate of drug-likeness (QED) is 0.829. The fourth-order valence-electron chi connectivity index (χ4n) is 2.18. The van der Waals surface area contributed by atoms with Crippen molar-refractivity contribution in [2.24, 2.45) is 4.99 Å². The van der Waals surface area contributed by atoms with E-state index in [0.717, 1.165) is 36.6 Å². The molecule has 0 N–H and O–H groups in total. The van der Waals surface area contributed by atoms with Gasteiger partial charge >= 0.3 is 0 Å². The summed E-state index contributed by atoms with van der Waals surface area (Å²) in [5.41, 5.74) is 2.03. The van der Waals surface area contributed by atoms with Crippen molar-refractivity contribution in [3.8, 4) is 5.75 Å². The monoisotopic (exact) mass is 282 g/mol. The molecule has 2 heterocycles. The van der Waals surface area contributed by atoms with E-state index in [0.29, 0.717) is 16.7 Å². The number of fused-ring (bicyclic) bond motifs is 1. The molecule has 0 saturated heterocycles. The molecule has 0 bridgehead atoms. The Morgan fingerprint density at radius 3 is 3.00 bits per heavy atom. The topological polar surface area (TPSA) is 24.8 Å². The molecule has 0 atom stereocenters. The van der Waals surface area contributed by atoms with Gasteiger partial charge in [-0.15, -0.1) is 0 Å². The molecule has 0 spiro atoms. The molecule has 0 radical (unpaired) electrons. The molecule has 0 aliphatic carbocycles. The molecule has 3 nitrogen and oxygen atoms in total. The number of nitrogens with zero attached hydrogens (tertiary/aromatic N) is 2. The van der Waals surface area contributed by atoms with Crippen LogP contribution in [-0.4, -0.2) is 25.9 Å². The van der Waals surface area contributed by atoms with Gasteiger partial charge in [0.15, 0.2) is 5.75 Å². The number of hydrogen-bond acceptors (Lipinski definition) is 3. The number of allylic oxidation sites excluding steroid dienone is 1. The van der Waals surface area contributed by atoms with Crippen molar-refractivity contribution in [2.75, 3.05) is 24.6 Å². The van der Waals surface area contributed by atoms with Gasteiger partial charge in [-0.05, 0) is 12.1 Å². The van der Waals surface area contributed by atoms with Crippen molar-refractivity contribution in [1.82, 2.24) is 0 Å². The second-order valence-electron chi connectivity index (χ2n) is 4.25. The zero-order valence-electron chi connectivity index (χ0n) is 9.70. The molecule has 94 valence electrons. The second kappa shape index (κ2) is 4.82. The summed E-state index contributed by atoms with van der Waals surface area (Å²) in [5, 5.41) is 1.18. The fourth-order valence-corrected chi connectivity index (χ4v) is 2.72. The summed E-state index contributed by atoms with van der Waals surface area (Å²) in [5.74, 6) is 0.717. The molecule has 5 heteroatoms. The minimum absolute atomic E-state index is 0.561. The molecule has 0 saturated carbocycles. The molecule has 1 aromatic rings. The van der Waals surface area contributed by atoms with Crippen LogP contribution in [0.15, 0.2) is 28.9 Å². The minimum Gasteiger partial charge on any atom is -0.488 e. The first kappa shape index (κ1) is 11.9. The van der Waals surface area contributed by atoms with Gasteiger partial charge in [0.1, 0.15) is 6.61 Å². The molecule has 0 unspecified atom stereocenters. The average Bonchev–Trinajstić information content (AvgIpc) is 2.83. The summed E-state index contributed by atoms with van der Waals surface area (Å²) in [7, 11) is 0. The van der Waals surface area contributed by atoms with Crippen LogP contribution in [0.2, 0.25) is 10.0 Å². The minimum atomic E-state index is 0.561. The summed E-state index contributed by atoms with van der Waals surface area (Å²) in [6.07, 6.45) is 4.96. The van der Waals surface area contributed by atoms with Crippen molar-refractivity contribution in [2.45, 2.75) is 6.42 Å². The molecule has 1 aromatic carbocycles. The summed E-state index contributed by atoms with van der Waals surface area (Å²) in [6.45, 7) is 2.21. The molecule has 3 rings (SSSR count). The maximum atomic E-state index is 6.15. The molecule has 2 aliphatic rings. The van der Waals surface area contributed by atoms with Crippen LogP contribution in [-0.2, 0) is 0 Å². The number of anilines is 1. The molecular weight excluding hydrogens is 271 g/mol. The van der Waals surface area contributed by atoms with Crippen LogP contribution in [0.1, 0.15) is 6.42 Å². The Morgan fingerprint density at radius 1 is 1.33 bits per heavy atom. The SMILES string of the molecule is Clc1cc(Cl)c2c(c1)N(CC1=CCC=N1)CCO2. The maximum absolute atomic E-state index is 6.15. The lowest BCUT2D eigenvalue weighted by atomic mass is 10.2. The van der Waals surface area contributed by atoms with E-state index in [1.165, 1.54) is 0 Å². The Morgan fingerprint density at radius 2 is 2.22 bits per heavy atom. The van der Waals surface area contributed by atoms with Crippen LogP contribution in [0.4, 0.5) is 5.69 Å². The van der Waals surface area contributed by atoms with E-state index in [1.807, 2.05) is 12.3 Å². The Labute approximate surface area is 116 Å². The number of ether oxygens (including phenoxy) is 1. The van der Waals surface area contributed by atoms with Crippen molar-refractivity contribution in [3.05, 3.63) is 34.0 Å². The van der Waals surface area contributed by atoms with Gasteiger partial charge in [-0.3, -0.25) is 4.99 Å². The molecule has 2 aliphatic heterocycles. The third-order valence-corrected chi connectivity index (χ3v) is 3.50. The van der Waals surface area contributed by atoms with Gasteiger partial charge in [-0.1, -0.05) is 29.3 Å². The third-order valence-electron chi connectivity index (χ3n) is 3.01. The van der Waals surface area contributed by atoms with E-state index in [4.69, 9.17) is 27.9 Å². The van der Waals surface area contributed by atoms with Gasteiger partial charge in [0, 0.05) is 17.7 Å². The highest BCUT2D eigenvalue weighted by atomic mass is 35.5. The van der Waals surface area contributed by atoms with Crippen molar-refractivity contribution in [3.63, 3.8) is 0 Å². The van der Waals surface area contributed by atoms with Gasteiger partial charge in [0.2, 0.25) is 0 Å². The van der Waals surface area contributed by atoms with Crippen LogP contribution in [0.25, 0.3) is 0 Å². The van der Waals surface area contributed by atoms with E-state index in [-0.39, 0.29) is 0 Å². The van der Waals surface area contributed by atoms with Crippen molar-refractivity contribution < 1.29 is 4.74 Å². The summed E-state index contributed by atoms with van der Waals surface area (Å²) in [4.78, 5) is 6.53. The first-order chi connectivity index (χ1) is 8.74. The van der Waals surface area contributed by atoms with Crippen LogP contribution in [0.5, 0.6) is 5.75 Å². The third kappa shape index (κ3) is 2.20. The summed E-state index contributed by atoms with van der Waals surface area (Å²) < 4.78 is 5.61. The van der Waals surface area contributed by atoms with Crippen LogP contribution in [0.3, 0.4) is 0 Å². The number of halogens is 2. The number of rotatable bonds is 2. The van der Waals surface area contributed by atoms with Crippen LogP contribution in [0, 0.1) is 0 Å². The highest BCUT2D eigenvalue weighted by Crippen LogP contribution is 2.40. The largest absolute Gasteiger partial charge is 0.488 e. The van der Waals surface area contributed by atoms with E-state index in [9.17, 15) is 0 Å². The zero-order chi connectivity index (χ0) is 12.5. The van der Waals surface area contributed by atoms with E-state index in [2.05, 4.69) is 16.0 Å². The number of aliphatic imine (C=N–C) groups is 1. The first-order valence-corrected chi connectivity index (χ1v) is 6.58. The van der Waals surface area contributed by atoms with Crippen LogP contribution < -0.4 is 9.64 Å². The lowest BCUT2D eigenvalue weighted by molar-refractivity contribution is 0.309.